The molecule has 1 fully saturated rings. The van der Waals surface area contributed by atoms with Gasteiger partial charge in [0.25, 0.3) is 11.1 Å². The highest BCUT2D eigenvalue weighted by Crippen LogP contribution is 2.30. The Balaban J connectivity index is 1.89. The van der Waals surface area contributed by atoms with Gasteiger partial charge in [-0.05, 0) is 6.07 Å². The lowest BCUT2D eigenvalue weighted by molar-refractivity contribution is -0.0429. The number of H-pyrrole nitrogens is 2. The van der Waals surface area contributed by atoms with Crippen LogP contribution < -0.4 is 21.5 Å². The van der Waals surface area contributed by atoms with Crippen molar-refractivity contribution in [2.24, 2.45) is 0 Å². The Morgan fingerprint density at radius 3 is 2.85 bits per heavy atom. The standard InChI is InChI=1S/C15H13FN4O6/c16-8-5-20(15(24)19-13(8)23)12-3-9(10(6-21)25-12)26-14-7(4-17)1-2-11(22)18-14/h1-2,5,9-10,12,21H,3,6H2,(H,18,22)(H,19,23,24)/t9?,10-,12-/m0/s1. The van der Waals surface area contributed by atoms with E-state index in [2.05, 4.69) is 4.98 Å². The van der Waals surface area contributed by atoms with Crippen LogP contribution in [0.15, 0.2) is 32.7 Å². The molecule has 10 nitrogen and oxygen atoms in total. The van der Waals surface area contributed by atoms with Crippen molar-refractivity contribution in [3.8, 4) is 11.9 Å². The minimum atomic E-state index is -1.17. The Kier molecular flexibility index (Phi) is 4.70. The molecule has 0 spiro atoms. The smallest absolute Gasteiger partial charge is 0.330 e. The molecule has 3 heterocycles. The molecule has 3 rings (SSSR count). The van der Waals surface area contributed by atoms with Crippen LogP contribution in [0.25, 0.3) is 0 Å². The molecule has 0 aromatic carbocycles. The van der Waals surface area contributed by atoms with Crippen LogP contribution in [0.4, 0.5) is 4.39 Å². The topological polar surface area (TPSA) is 150 Å². The monoisotopic (exact) mass is 364 g/mol. The SMILES string of the molecule is N#Cc1ccc(=O)[nH]c1OC1C[C@@H](n2cc(F)c(=O)[nH]c2=O)O[C@H]1CO. The van der Waals surface area contributed by atoms with Crippen LogP contribution in [-0.2, 0) is 4.74 Å². The van der Waals surface area contributed by atoms with Crippen molar-refractivity contribution < 1.29 is 19.0 Å². The molecule has 136 valence electrons. The van der Waals surface area contributed by atoms with Gasteiger partial charge in [0, 0.05) is 12.5 Å². The number of aromatic amines is 2. The number of pyridine rings is 1. The summed E-state index contributed by atoms with van der Waals surface area (Å²) in [6, 6.07) is 4.29. The van der Waals surface area contributed by atoms with Crippen molar-refractivity contribution in [1.82, 2.24) is 14.5 Å². The number of hydrogen-bond acceptors (Lipinski definition) is 7. The number of aliphatic hydroxyl groups excluding tert-OH is 1. The van der Waals surface area contributed by atoms with E-state index < -0.39 is 47.7 Å². The predicted octanol–water partition coefficient (Wildman–Crippen LogP) is -1.04. The maximum atomic E-state index is 13.5. The Morgan fingerprint density at radius 2 is 2.15 bits per heavy atom. The fourth-order valence-electron chi connectivity index (χ4n) is 2.62. The number of nitriles is 1. The first-order valence-corrected chi connectivity index (χ1v) is 7.50. The largest absolute Gasteiger partial charge is 0.472 e. The molecule has 3 atom stereocenters. The summed E-state index contributed by atoms with van der Waals surface area (Å²) >= 11 is 0. The van der Waals surface area contributed by atoms with Crippen LogP contribution in [0.3, 0.4) is 0 Å². The molecule has 1 saturated heterocycles. The Hall–Kier alpha value is -3.23. The maximum Gasteiger partial charge on any atom is 0.330 e. The van der Waals surface area contributed by atoms with Crippen molar-refractivity contribution in [1.29, 1.82) is 5.26 Å². The van der Waals surface area contributed by atoms with Crippen molar-refractivity contribution >= 4 is 0 Å². The zero-order valence-electron chi connectivity index (χ0n) is 13.1. The maximum absolute atomic E-state index is 13.5. The van der Waals surface area contributed by atoms with Crippen molar-refractivity contribution in [2.75, 3.05) is 6.61 Å². The number of aromatic nitrogens is 3. The van der Waals surface area contributed by atoms with E-state index in [1.165, 1.54) is 6.07 Å². The first-order valence-electron chi connectivity index (χ1n) is 7.50. The van der Waals surface area contributed by atoms with Crippen molar-refractivity contribution in [3.63, 3.8) is 0 Å². The number of aliphatic hydroxyl groups is 1. The number of nitrogens with zero attached hydrogens (tertiary/aromatic N) is 2. The Labute approximate surface area is 144 Å². The predicted molar refractivity (Wildman–Crippen MR) is 83.1 cm³/mol. The first-order chi connectivity index (χ1) is 12.4. The average molecular weight is 364 g/mol. The van der Waals surface area contributed by atoms with Gasteiger partial charge in [0.05, 0.1) is 12.8 Å². The van der Waals surface area contributed by atoms with Gasteiger partial charge in [0.15, 0.2) is 0 Å². The molecule has 0 radical (unpaired) electrons. The van der Waals surface area contributed by atoms with Crippen LogP contribution >= 0.6 is 0 Å². The average Bonchev–Trinajstić information content (AvgIpc) is 3.01. The van der Waals surface area contributed by atoms with Gasteiger partial charge in [0.2, 0.25) is 11.7 Å². The molecule has 0 aliphatic carbocycles. The fraction of sp³-hybridized carbons (Fsp3) is 0.333. The zero-order valence-corrected chi connectivity index (χ0v) is 13.1. The molecule has 2 aromatic rings. The molecule has 1 aliphatic heterocycles. The zero-order chi connectivity index (χ0) is 18.8. The summed E-state index contributed by atoms with van der Waals surface area (Å²) in [7, 11) is 0. The van der Waals surface area contributed by atoms with Gasteiger partial charge >= 0.3 is 5.69 Å². The molecular formula is C15H13FN4O6. The number of ether oxygens (including phenoxy) is 2. The van der Waals surface area contributed by atoms with E-state index >= 15 is 0 Å². The van der Waals surface area contributed by atoms with E-state index in [0.29, 0.717) is 6.20 Å². The van der Waals surface area contributed by atoms with E-state index in [1.807, 2.05) is 11.1 Å². The molecule has 1 unspecified atom stereocenters. The lowest BCUT2D eigenvalue weighted by Crippen LogP contribution is -2.34. The van der Waals surface area contributed by atoms with Crippen molar-refractivity contribution in [3.05, 3.63) is 60.9 Å². The van der Waals surface area contributed by atoms with Gasteiger partial charge in [-0.1, -0.05) is 0 Å². The first kappa shape index (κ1) is 17.6. The summed E-state index contributed by atoms with van der Waals surface area (Å²) in [6.45, 7) is -0.485. The van der Waals surface area contributed by atoms with Gasteiger partial charge in [-0.2, -0.15) is 9.65 Å². The molecule has 1 aliphatic rings. The fourth-order valence-corrected chi connectivity index (χ4v) is 2.62. The third-order valence-corrected chi connectivity index (χ3v) is 3.87. The highest BCUT2D eigenvalue weighted by atomic mass is 19.1. The van der Waals surface area contributed by atoms with Gasteiger partial charge in [-0.3, -0.25) is 24.1 Å². The third-order valence-electron chi connectivity index (χ3n) is 3.87. The Bertz CT molecular complexity index is 1040. The second kappa shape index (κ2) is 6.95. The summed E-state index contributed by atoms with van der Waals surface area (Å²) < 4.78 is 25.4. The van der Waals surface area contributed by atoms with E-state index in [9.17, 15) is 23.9 Å². The number of rotatable bonds is 4. The molecule has 3 N–H and O–H groups in total. The van der Waals surface area contributed by atoms with Gasteiger partial charge in [0.1, 0.15) is 30.1 Å². The van der Waals surface area contributed by atoms with E-state index in [1.54, 1.807) is 0 Å². The number of hydrogen-bond donors (Lipinski definition) is 3. The summed E-state index contributed by atoms with van der Waals surface area (Å²) in [5, 5.41) is 18.5. The van der Waals surface area contributed by atoms with Crippen LogP contribution in [0.2, 0.25) is 0 Å². The van der Waals surface area contributed by atoms with Crippen LogP contribution in [-0.4, -0.2) is 38.5 Å². The minimum Gasteiger partial charge on any atom is -0.472 e. The second-order valence-electron chi connectivity index (χ2n) is 5.52. The van der Waals surface area contributed by atoms with Crippen molar-refractivity contribution in [2.45, 2.75) is 24.9 Å². The molecule has 0 bridgehead atoms. The molecule has 2 aromatic heterocycles. The second-order valence-corrected chi connectivity index (χ2v) is 5.52. The highest BCUT2D eigenvalue weighted by Gasteiger charge is 2.38. The van der Waals surface area contributed by atoms with Gasteiger partial charge in [-0.15, -0.1) is 0 Å². The summed E-state index contributed by atoms with van der Waals surface area (Å²) in [5.41, 5.74) is -2.47. The molecule has 0 amide bonds. The number of halogens is 1. The summed E-state index contributed by atoms with van der Waals surface area (Å²) in [6.07, 6.45) is -2.06. The highest BCUT2D eigenvalue weighted by molar-refractivity contribution is 5.37. The molecule has 26 heavy (non-hydrogen) atoms. The van der Waals surface area contributed by atoms with Gasteiger partial charge in [-0.25, -0.2) is 4.79 Å². The minimum absolute atomic E-state index is 0.00158. The molecular weight excluding hydrogens is 351 g/mol. The van der Waals surface area contributed by atoms with E-state index in [-0.39, 0.29) is 17.9 Å². The lowest BCUT2D eigenvalue weighted by Gasteiger charge is -2.17. The summed E-state index contributed by atoms with van der Waals surface area (Å²) in [4.78, 5) is 38.6. The Morgan fingerprint density at radius 1 is 1.38 bits per heavy atom. The normalized spacial score (nSPS) is 22.1. The van der Waals surface area contributed by atoms with Crippen LogP contribution in [0.1, 0.15) is 18.2 Å². The van der Waals surface area contributed by atoms with Gasteiger partial charge < -0.3 is 14.6 Å². The third kappa shape index (κ3) is 3.28. The summed E-state index contributed by atoms with van der Waals surface area (Å²) in [5.74, 6) is -1.27. The molecule has 0 saturated carbocycles. The van der Waals surface area contributed by atoms with Crippen LogP contribution in [0.5, 0.6) is 5.88 Å². The lowest BCUT2D eigenvalue weighted by atomic mass is 10.2. The molecule has 11 heteroatoms. The van der Waals surface area contributed by atoms with Crippen LogP contribution in [0, 0.1) is 17.1 Å². The number of nitrogens with one attached hydrogen (secondary N) is 2. The van der Waals surface area contributed by atoms with E-state index in [0.717, 1.165) is 10.6 Å². The van der Waals surface area contributed by atoms with E-state index in [4.69, 9.17) is 14.7 Å². The quantitative estimate of drug-likeness (QED) is 0.627.